The fraction of sp³-hybridized carbons (Fsp3) is 0.0625. The van der Waals surface area contributed by atoms with Crippen molar-refractivity contribution in [2.75, 3.05) is 5.32 Å². The molecule has 0 atom stereocenters. The van der Waals surface area contributed by atoms with Crippen LogP contribution in [0.15, 0.2) is 57.4 Å². The number of fused-ring (bicyclic) bond motifs is 1. The summed E-state index contributed by atoms with van der Waals surface area (Å²) in [7, 11) is 0. The van der Waals surface area contributed by atoms with Crippen LogP contribution in [-0.2, 0) is 0 Å². The molecule has 0 saturated carbocycles. The van der Waals surface area contributed by atoms with Crippen molar-refractivity contribution in [1.29, 1.82) is 0 Å². The van der Waals surface area contributed by atoms with E-state index in [9.17, 15) is 4.79 Å². The maximum atomic E-state index is 12.3. The second kappa shape index (κ2) is 5.13. The smallest absolute Gasteiger partial charge is 0.291 e. The van der Waals surface area contributed by atoms with Gasteiger partial charge in [-0.25, -0.2) is 0 Å². The van der Waals surface area contributed by atoms with Gasteiger partial charge in [-0.15, -0.1) is 0 Å². The number of hydrogen-bond acceptors (Lipinski definition) is 2. The van der Waals surface area contributed by atoms with Gasteiger partial charge in [-0.1, -0.05) is 30.3 Å². The van der Waals surface area contributed by atoms with E-state index in [0.717, 1.165) is 26.7 Å². The standard InChI is InChI=1S/C16H12BrNO2/c1-10-11-6-2-5-9-14(11)20-15(10)16(19)18-13-8-4-3-7-12(13)17/h2-9H,1H3,(H,18,19). The Hall–Kier alpha value is -2.07. The van der Waals surface area contributed by atoms with Crippen LogP contribution in [0.25, 0.3) is 11.0 Å². The molecule has 0 fully saturated rings. The quantitative estimate of drug-likeness (QED) is 0.736. The van der Waals surface area contributed by atoms with Gasteiger partial charge in [0.25, 0.3) is 5.91 Å². The molecule has 1 N–H and O–H groups in total. The minimum atomic E-state index is -0.245. The van der Waals surface area contributed by atoms with E-state index in [1.807, 2.05) is 55.5 Å². The van der Waals surface area contributed by atoms with Crippen molar-refractivity contribution in [3.8, 4) is 0 Å². The first-order valence-electron chi connectivity index (χ1n) is 6.21. The Morgan fingerprint density at radius 2 is 1.80 bits per heavy atom. The van der Waals surface area contributed by atoms with Gasteiger partial charge in [0.1, 0.15) is 5.58 Å². The van der Waals surface area contributed by atoms with E-state index in [-0.39, 0.29) is 5.91 Å². The molecule has 2 aromatic carbocycles. The lowest BCUT2D eigenvalue weighted by molar-refractivity contribution is 0.0998. The molecule has 0 spiro atoms. The lowest BCUT2D eigenvalue weighted by atomic mass is 10.1. The number of anilines is 1. The summed E-state index contributed by atoms with van der Waals surface area (Å²) in [5.41, 5.74) is 2.30. The van der Waals surface area contributed by atoms with Gasteiger partial charge in [0.05, 0.1) is 5.69 Å². The lowest BCUT2D eigenvalue weighted by Crippen LogP contribution is -2.12. The van der Waals surface area contributed by atoms with Gasteiger partial charge >= 0.3 is 0 Å². The van der Waals surface area contributed by atoms with Crippen LogP contribution < -0.4 is 5.32 Å². The highest BCUT2D eigenvalue weighted by atomic mass is 79.9. The van der Waals surface area contributed by atoms with Crippen LogP contribution >= 0.6 is 15.9 Å². The molecule has 1 aromatic heterocycles. The van der Waals surface area contributed by atoms with Gasteiger partial charge in [0, 0.05) is 15.4 Å². The molecular weight excluding hydrogens is 318 g/mol. The number of benzene rings is 2. The van der Waals surface area contributed by atoms with E-state index >= 15 is 0 Å². The van der Waals surface area contributed by atoms with Crippen molar-refractivity contribution in [2.24, 2.45) is 0 Å². The number of carbonyl (C=O) groups excluding carboxylic acids is 1. The Bertz CT molecular complexity index is 792. The zero-order valence-electron chi connectivity index (χ0n) is 10.8. The first-order chi connectivity index (χ1) is 9.66. The van der Waals surface area contributed by atoms with Crippen LogP contribution in [0.4, 0.5) is 5.69 Å². The average Bonchev–Trinajstić information content (AvgIpc) is 2.79. The zero-order valence-corrected chi connectivity index (χ0v) is 12.4. The molecule has 3 aromatic rings. The first kappa shape index (κ1) is 12.9. The van der Waals surface area contributed by atoms with E-state index in [1.165, 1.54) is 0 Å². The Morgan fingerprint density at radius 3 is 2.55 bits per heavy atom. The van der Waals surface area contributed by atoms with Crippen LogP contribution in [0.1, 0.15) is 16.1 Å². The summed E-state index contributed by atoms with van der Waals surface area (Å²) in [5.74, 6) is 0.104. The molecular formula is C16H12BrNO2. The highest BCUT2D eigenvalue weighted by Gasteiger charge is 2.17. The number of halogens is 1. The largest absolute Gasteiger partial charge is 0.451 e. The average molecular weight is 330 g/mol. The third-order valence-electron chi connectivity index (χ3n) is 3.17. The minimum absolute atomic E-state index is 0.245. The molecule has 3 rings (SSSR count). The Kier molecular flexibility index (Phi) is 3.32. The fourth-order valence-corrected chi connectivity index (χ4v) is 2.52. The SMILES string of the molecule is Cc1c(C(=O)Nc2ccccc2Br)oc2ccccc12. The maximum Gasteiger partial charge on any atom is 0.291 e. The van der Waals surface area contributed by atoms with E-state index in [0.29, 0.717) is 5.76 Å². The second-order valence-electron chi connectivity index (χ2n) is 4.49. The summed E-state index contributed by atoms with van der Waals surface area (Å²) in [4.78, 5) is 12.3. The van der Waals surface area contributed by atoms with Crippen molar-refractivity contribution in [2.45, 2.75) is 6.92 Å². The summed E-state index contributed by atoms with van der Waals surface area (Å²) < 4.78 is 6.48. The third kappa shape index (κ3) is 2.23. The molecule has 1 amide bonds. The number of hydrogen-bond donors (Lipinski definition) is 1. The monoisotopic (exact) mass is 329 g/mol. The van der Waals surface area contributed by atoms with Gasteiger partial charge < -0.3 is 9.73 Å². The van der Waals surface area contributed by atoms with E-state index in [2.05, 4.69) is 21.2 Å². The molecule has 3 nitrogen and oxygen atoms in total. The molecule has 20 heavy (non-hydrogen) atoms. The highest BCUT2D eigenvalue weighted by Crippen LogP contribution is 2.27. The number of aryl methyl sites for hydroxylation is 1. The molecule has 0 bridgehead atoms. The molecule has 4 heteroatoms. The van der Waals surface area contributed by atoms with E-state index in [1.54, 1.807) is 0 Å². The molecule has 0 saturated heterocycles. The minimum Gasteiger partial charge on any atom is -0.451 e. The number of rotatable bonds is 2. The Labute approximate surface area is 124 Å². The summed E-state index contributed by atoms with van der Waals surface area (Å²) >= 11 is 3.41. The summed E-state index contributed by atoms with van der Waals surface area (Å²) in [6.07, 6.45) is 0. The Balaban J connectivity index is 1.97. The van der Waals surface area contributed by atoms with Crippen molar-refractivity contribution in [3.63, 3.8) is 0 Å². The van der Waals surface area contributed by atoms with Crippen molar-refractivity contribution in [3.05, 3.63) is 64.3 Å². The van der Waals surface area contributed by atoms with Crippen molar-refractivity contribution >= 4 is 38.5 Å². The zero-order chi connectivity index (χ0) is 14.1. The number of furan rings is 1. The van der Waals surface area contributed by atoms with Crippen molar-refractivity contribution < 1.29 is 9.21 Å². The summed E-state index contributed by atoms with van der Waals surface area (Å²) in [5, 5.41) is 3.81. The molecule has 100 valence electrons. The van der Waals surface area contributed by atoms with Gasteiger partial charge in [0.2, 0.25) is 0 Å². The van der Waals surface area contributed by atoms with Crippen LogP contribution in [0.2, 0.25) is 0 Å². The predicted octanol–water partition coefficient (Wildman–Crippen LogP) is 4.76. The van der Waals surface area contributed by atoms with E-state index in [4.69, 9.17) is 4.42 Å². The lowest BCUT2D eigenvalue weighted by Gasteiger charge is -2.05. The van der Waals surface area contributed by atoms with Gasteiger partial charge in [0.15, 0.2) is 5.76 Å². The molecule has 0 aliphatic rings. The third-order valence-corrected chi connectivity index (χ3v) is 3.86. The van der Waals surface area contributed by atoms with Crippen LogP contribution in [0, 0.1) is 6.92 Å². The molecule has 1 heterocycles. The number of nitrogens with one attached hydrogen (secondary N) is 1. The molecule has 0 aliphatic carbocycles. The first-order valence-corrected chi connectivity index (χ1v) is 7.00. The number of carbonyl (C=O) groups is 1. The van der Waals surface area contributed by atoms with Crippen LogP contribution in [-0.4, -0.2) is 5.91 Å². The predicted molar refractivity (Wildman–Crippen MR) is 83.0 cm³/mol. The van der Waals surface area contributed by atoms with Crippen LogP contribution in [0.5, 0.6) is 0 Å². The Morgan fingerprint density at radius 1 is 1.10 bits per heavy atom. The molecule has 0 radical (unpaired) electrons. The second-order valence-corrected chi connectivity index (χ2v) is 5.34. The maximum absolute atomic E-state index is 12.3. The number of amides is 1. The van der Waals surface area contributed by atoms with Gasteiger partial charge in [-0.2, -0.15) is 0 Å². The van der Waals surface area contributed by atoms with E-state index < -0.39 is 0 Å². The molecule has 0 aliphatic heterocycles. The van der Waals surface area contributed by atoms with Crippen molar-refractivity contribution in [1.82, 2.24) is 0 Å². The summed E-state index contributed by atoms with van der Waals surface area (Å²) in [6.45, 7) is 1.89. The van der Waals surface area contributed by atoms with Crippen LogP contribution in [0.3, 0.4) is 0 Å². The normalized spacial score (nSPS) is 10.7. The number of para-hydroxylation sites is 2. The fourth-order valence-electron chi connectivity index (χ4n) is 2.13. The van der Waals surface area contributed by atoms with Gasteiger partial charge in [-0.3, -0.25) is 4.79 Å². The molecule has 0 unspecified atom stereocenters. The highest BCUT2D eigenvalue weighted by molar-refractivity contribution is 9.10. The van der Waals surface area contributed by atoms with Gasteiger partial charge in [-0.05, 0) is 41.1 Å². The topological polar surface area (TPSA) is 42.2 Å². The summed E-state index contributed by atoms with van der Waals surface area (Å²) in [6, 6.07) is 15.1.